The average molecular weight is 285 g/mol. The summed E-state index contributed by atoms with van der Waals surface area (Å²) >= 11 is 1.38. The minimum Gasteiger partial charge on any atom is -0.391 e. The molecule has 2 unspecified atom stereocenters. The van der Waals surface area contributed by atoms with Crippen molar-refractivity contribution < 1.29 is 9.90 Å². The number of nitrogens with zero attached hydrogens (tertiary/aromatic N) is 1. The third kappa shape index (κ3) is 4.56. The number of rotatable bonds is 7. The largest absolute Gasteiger partial charge is 0.391 e. The summed E-state index contributed by atoms with van der Waals surface area (Å²) in [6, 6.07) is -0.165. The van der Waals surface area contributed by atoms with Gasteiger partial charge in [0.05, 0.1) is 12.1 Å². The van der Waals surface area contributed by atoms with E-state index in [1.54, 1.807) is 5.38 Å². The van der Waals surface area contributed by atoms with Crippen LogP contribution in [0.3, 0.4) is 0 Å². The molecule has 0 saturated carbocycles. The summed E-state index contributed by atoms with van der Waals surface area (Å²) in [4.78, 5) is 16.0. The summed E-state index contributed by atoms with van der Waals surface area (Å²) in [6.07, 6.45) is 1.29. The van der Waals surface area contributed by atoms with Crippen LogP contribution in [-0.2, 0) is 0 Å². The van der Waals surface area contributed by atoms with Crippen LogP contribution in [-0.4, -0.2) is 28.6 Å². The number of nitrogens with two attached hydrogens (primary N) is 1. The number of amides is 1. The van der Waals surface area contributed by atoms with E-state index in [1.165, 1.54) is 11.3 Å². The quantitative estimate of drug-likeness (QED) is 0.711. The zero-order valence-corrected chi connectivity index (χ0v) is 12.5. The van der Waals surface area contributed by atoms with Crippen molar-refractivity contribution in [1.29, 1.82) is 0 Å². The molecule has 0 aromatic carbocycles. The molecule has 6 heteroatoms. The van der Waals surface area contributed by atoms with Crippen molar-refractivity contribution in [2.24, 2.45) is 11.7 Å². The second-order valence-corrected chi connectivity index (χ2v) is 5.60. The molecule has 0 aliphatic rings. The van der Waals surface area contributed by atoms with Gasteiger partial charge in [-0.15, -0.1) is 11.3 Å². The molecular weight excluding hydrogens is 262 g/mol. The van der Waals surface area contributed by atoms with Crippen molar-refractivity contribution >= 4 is 17.2 Å². The maximum atomic E-state index is 11.9. The van der Waals surface area contributed by atoms with E-state index in [-0.39, 0.29) is 24.4 Å². The predicted octanol–water partition coefficient (Wildman–Crippen LogP) is 1.69. The molecule has 0 spiro atoms. The highest BCUT2D eigenvalue weighted by atomic mass is 32.1. The number of aliphatic hydroxyl groups is 1. The van der Waals surface area contributed by atoms with Crippen LogP contribution in [0.1, 0.15) is 55.2 Å². The molecule has 0 saturated heterocycles. The Kier molecular flexibility index (Phi) is 6.41. The molecular formula is C13H23N3O2S. The van der Waals surface area contributed by atoms with Gasteiger partial charge in [-0.25, -0.2) is 4.98 Å². The lowest BCUT2D eigenvalue weighted by atomic mass is 9.96. The summed E-state index contributed by atoms with van der Waals surface area (Å²) in [5, 5.41) is 15.1. The lowest BCUT2D eigenvalue weighted by Crippen LogP contribution is -2.36. The summed E-state index contributed by atoms with van der Waals surface area (Å²) in [5.74, 6) is -0.0384. The van der Waals surface area contributed by atoms with Gasteiger partial charge in [0.2, 0.25) is 0 Å². The van der Waals surface area contributed by atoms with Gasteiger partial charge in [-0.3, -0.25) is 4.79 Å². The standard InChI is InChI=1S/C13H23N3O2S/c1-4-9(5-2)11(17)6-15-12(18)10-7-19-13(16-10)8(3)14/h7-9,11,17H,4-6,14H2,1-3H3,(H,15,18). The van der Waals surface area contributed by atoms with Crippen molar-refractivity contribution in [3.05, 3.63) is 16.1 Å². The lowest BCUT2D eigenvalue weighted by molar-refractivity contribution is 0.0813. The van der Waals surface area contributed by atoms with Crippen molar-refractivity contribution in [2.75, 3.05) is 6.54 Å². The highest BCUT2D eigenvalue weighted by Crippen LogP contribution is 2.16. The summed E-state index contributed by atoms with van der Waals surface area (Å²) in [7, 11) is 0. The van der Waals surface area contributed by atoms with E-state index in [9.17, 15) is 9.90 Å². The van der Waals surface area contributed by atoms with E-state index in [2.05, 4.69) is 10.3 Å². The Bertz CT molecular complexity index is 402. The number of nitrogens with one attached hydrogen (secondary N) is 1. The van der Waals surface area contributed by atoms with Gasteiger partial charge in [0, 0.05) is 11.9 Å². The fourth-order valence-corrected chi connectivity index (χ4v) is 2.65. The molecule has 19 heavy (non-hydrogen) atoms. The Morgan fingerprint density at radius 3 is 2.63 bits per heavy atom. The molecule has 0 aliphatic carbocycles. The number of carbonyl (C=O) groups excluding carboxylic acids is 1. The number of aromatic nitrogens is 1. The van der Waals surface area contributed by atoms with Gasteiger partial charge in [0.15, 0.2) is 0 Å². The van der Waals surface area contributed by atoms with Crippen LogP contribution in [0.4, 0.5) is 0 Å². The van der Waals surface area contributed by atoms with Gasteiger partial charge in [0.25, 0.3) is 5.91 Å². The van der Waals surface area contributed by atoms with Gasteiger partial charge >= 0.3 is 0 Å². The molecule has 1 aromatic rings. The van der Waals surface area contributed by atoms with Crippen molar-refractivity contribution in [3.63, 3.8) is 0 Å². The monoisotopic (exact) mass is 285 g/mol. The van der Waals surface area contributed by atoms with E-state index in [0.717, 1.165) is 17.8 Å². The molecule has 0 radical (unpaired) electrons. The van der Waals surface area contributed by atoms with E-state index < -0.39 is 6.10 Å². The zero-order chi connectivity index (χ0) is 14.4. The molecule has 0 bridgehead atoms. The van der Waals surface area contributed by atoms with Crippen LogP contribution in [0.2, 0.25) is 0 Å². The second kappa shape index (κ2) is 7.57. The summed E-state index contributed by atoms with van der Waals surface area (Å²) in [6.45, 7) is 6.16. The molecule has 1 rings (SSSR count). The third-order valence-electron chi connectivity index (χ3n) is 3.21. The fourth-order valence-electron chi connectivity index (χ4n) is 1.89. The van der Waals surface area contributed by atoms with Gasteiger partial charge in [-0.05, 0) is 12.8 Å². The lowest BCUT2D eigenvalue weighted by Gasteiger charge is -2.20. The number of hydrogen-bond acceptors (Lipinski definition) is 5. The Morgan fingerprint density at radius 2 is 2.16 bits per heavy atom. The summed E-state index contributed by atoms with van der Waals surface area (Å²) < 4.78 is 0. The predicted molar refractivity (Wildman–Crippen MR) is 77.1 cm³/mol. The first-order valence-corrected chi connectivity index (χ1v) is 7.54. The number of aliphatic hydroxyl groups excluding tert-OH is 1. The second-order valence-electron chi connectivity index (χ2n) is 4.71. The summed E-state index contributed by atoms with van der Waals surface area (Å²) in [5.41, 5.74) is 6.07. The number of thiazole rings is 1. The first-order valence-electron chi connectivity index (χ1n) is 6.66. The normalized spacial score (nSPS) is 14.4. The van der Waals surface area contributed by atoms with E-state index in [1.807, 2.05) is 20.8 Å². The topological polar surface area (TPSA) is 88.2 Å². The molecule has 1 amide bonds. The van der Waals surface area contributed by atoms with Crippen molar-refractivity contribution in [1.82, 2.24) is 10.3 Å². The Hall–Kier alpha value is -0.980. The average Bonchev–Trinajstić information content (AvgIpc) is 2.87. The molecule has 1 aromatic heterocycles. The highest BCUT2D eigenvalue weighted by molar-refractivity contribution is 7.09. The van der Waals surface area contributed by atoms with Crippen LogP contribution < -0.4 is 11.1 Å². The smallest absolute Gasteiger partial charge is 0.270 e. The molecule has 1 heterocycles. The van der Waals surface area contributed by atoms with E-state index in [0.29, 0.717) is 5.69 Å². The molecule has 4 N–H and O–H groups in total. The van der Waals surface area contributed by atoms with Gasteiger partial charge in [0.1, 0.15) is 10.7 Å². The molecule has 108 valence electrons. The Labute approximate surface area is 118 Å². The van der Waals surface area contributed by atoms with E-state index in [4.69, 9.17) is 5.73 Å². The van der Waals surface area contributed by atoms with Crippen LogP contribution >= 0.6 is 11.3 Å². The SMILES string of the molecule is CCC(CC)C(O)CNC(=O)c1csc(C(C)N)n1. The Balaban J connectivity index is 2.50. The zero-order valence-electron chi connectivity index (χ0n) is 11.7. The van der Waals surface area contributed by atoms with Crippen molar-refractivity contribution in [3.8, 4) is 0 Å². The van der Waals surface area contributed by atoms with Crippen LogP contribution in [0.25, 0.3) is 0 Å². The van der Waals surface area contributed by atoms with Gasteiger partial charge < -0.3 is 16.2 Å². The number of carbonyl (C=O) groups is 1. The fraction of sp³-hybridized carbons (Fsp3) is 0.692. The Morgan fingerprint density at radius 1 is 1.53 bits per heavy atom. The molecule has 2 atom stereocenters. The van der Waals surface area contributed by atoms with Gasteiger partial charge in [-0.2, -0.15) is 0 Å². The molecule has 0 aliphatic heterocycles. The van der Waals surface area contributed by atoms with Crippen LogP contribution in [0.5, 0.6) is 0 Å². The first-order chi connectivity index (χ1) is 8.99. The minimum absolute atomic E-state index is 0.165. The van der Waals surface area contributed by atoms with Crippen molar-refractivity contribution in [2.45, 2.75) is 45.8 Å². The minimum atomic E-state index is -0.509. The number of hydrogen-bond donors (Lipinski definition) is 3. The van der Waals surface area contributed by atoms with Crippen LogP contribution in [0.15, 0.2) is 5.38 Å². The third-order valence-corrected chi connectivity index (χ3v) is 4.25. The first kappa shape index (κ1) is 16.1. The highest BCUT2D eigenvalue weighted by Gasteiger charge is 2.18. The van der Waals surface area contributed by atoms with Crippen LogP contribution in [0, 0.1) is 5.92 Å². The maximum Gasteiger partial charge on any atom is 0.270 e. The molecule has 0 fully saturated rings. The molecule has 5 nitrogen and oxygen atoms in total. The van der Waals surface area contributed by atoms with E-state index >= 15 is 0 Å². The maximum absolute atomic E-state index is 11.9. The van der Waals surface area contributed by atoms with Gasteiger partial charge in [-0.1, -0.05) is 26.7 Å².